The Morgan fingerprint density at radius 2 is 2.12 bits per heavy atom. The van der Waals surface area contributed by atoms with Gasteiger partial charge in [-0.1, -0.05) is 25.4 Å². The second-order valence-electron chi connectivity index (χ2n) is 4.58. The van der Waals surface area contributed by atoms with Crippen LogP contribution in [0.1, 0.15) is 45.4 Å². The first kappa shape index (κ1) is 11.6. The van der Waals surface area contributed by atoms with Gasteiger partial charge >= 0.3 is 0 Å². The van der Waals surface area contributed by atoms with Crippen LogP contribution in [-0.2, 0) is 0 Å². The fourth-order valence-electron chi connectivity index (χ4n) is 1.82. The summed E-state index contributed by atoms with van der Waals surface area (Å²) in [5, 5.41) is 0.549. The van der Waals surface area contributed by atoms with E-state index in [1.54, 1.807) is 0 Å². The molecule has 0 amide bonds. The minimum absolute atomic E-state index is 0.315. The molecule has 16 heavy (non-hydrogen) atoms. The standard InChI is InChI=1S/C12H18ClN3/c1-4-16(9-5-6-9)11-7-10(13)14-12(15-11)8(2)3/h7-9H,4-6H2,1-3H3. The van der Waals surface area contributed by atoms with Crippen molar-refractivity contribution < 1.29 is 0 Å². The molecule has 3 nitrogen and oxygen atoms in total. The molecule has 1 heterocycles. The molecule has 1 fully saturated rings. The van der Waals surface area contributed by atoms with Gasteiger partial charge in [-0.2, -0.15) is 0 Å². The van der Waals surface area contributed by atoms with Crippen LogP contribution in [0.5, 0.6) is 0 Å². The zero-order chi connectivity index (χ0) is 11.7. The average molecular weight is 240 g/mol. The number of hydrogen-bond donors (Lipinski definition) is 0. The van der Waals surface area contributed by atoms with Gasteiger partial charge in [-0.3, -0.25) is 0 Å². The molecule has 0 unspecified atom stereocenters. The number of anilines is 1. The van der Waals surface area contributed by atoms with E-state index in [0.717, 1.165) is 18.2 Å². The molecule has 0 saturated heterocycles. The molecule has 2 rings (SSSR count). The van der Waals surface area contributed by atoms with Gasteiger partial charge in [0.05, 0.1) is 0 Å². The van der Waals surface area contributed by atoms with Crippen molar-refractivity contribution in [1.29, 1.82) is 0 Å². The van der Waals surface area contributed by atoms with Gasteiger partial charge in [0.2, 0.25) is 0 Å². The van der Waals surface area contributed by atoms with E-state index in [1.165, 1.54) is 12.8 Å². The molecule has 1 aromatic heterocycles. The first-order valence-electron chi connectivity index (χ1n) is 5.93. The first-order chi connectivity index (χ1) is 7.61. The Balaban J connectivity index is 2.31. The zero-order valence-corrected chi connectivity index (χ0v) is 10.8. The van der Waals surface area contributed by atoms with Crippen molar-refractivity contribution >= 4 is 17.4 Å². The maximum atomic E-state index is 6.04. The Kier molecular flexibility index (Phi) is 3.33. The number of aromatic nitrogens is 2. The summed E-state index contributed by atoms with van der Waals surface area (Å²) in [7, 11) is 0. The Labute approximate surface area is 102 Å². The van der Waals surface area contributed by atoms with Crippen molar-refractivity contribution in [2.75, 3.05) is 11.4 Å². The fraction of sp³-hybridized carbons (Fsp3) is 0.667. The van der Waals surface area contributed by atoms with Crippen molar-refractivity contribution in [1.82, 2.24) is 9.97 Å². The molecular formula is C12H18ClN3. The van der Waals surface area contributed by atoms with Gasteiger partial charge in [0.25, 0.3) is 0 Å². The quantitative estimate of drug-likeness (QED) is 0.756. The topological polar surface area (TPSA) is 29.0 Å². The lowest BCUT2D eigenvalue weighted by Crippen LogP contribution is -2.26. The van der Waals surface area contributed by atoms with Crippen LogP contribution in [-0.4, -0.2) is 22.6 Å². The molecule has 0 aliphatic heterocycles. The third-order valence-electron chi connectivity index (χ3n) is 2.84. The third-order valence-corrected chi connectivity index (χ3v) is 3.03. The van der Waals surface area contributed by atoms with E-state index in [1.807, 2.05) is 6.07 Å². The summed E-state index contributed by atoms with van der Waals surface area (Å²) < 4.78 is 0. The molecule has 1 saturated carbocycles. The monoisotopic (exact) mass is 239 g/mol. The number of rotatable bonds is 4. The van der Waals surface area contributed by atoms with Gasteiger partial charge in [-0.25, -0.2) is 9.97 Å². The highest BCUT2D eigenvalue weighted by Crippen LogP contribution is 2.31. The molecule has 88 valence electrons. The van der Waals surface area contributed by atoms with Crippen LogP contribution >= 0.6 is 11.6 Å². The molecule has 0 spiro atoms. The summed E-state index contributed by atoms with van der Waals surface area (Å²) in [6.07, 6.45) is 2.54. The average Bonchev–Trinajstić information content (AvgIpc) is 3.02. The number of hydrogen-bond acceptors (Lipinski definition) is 3. The molecule has 1 aliphatic carbocycles. The second kappa shape index (κ2) is 4.58. The van der Waals surface area contributed by atoms with Gasteiger partial charge in [-0.15, -0.1) is 0 Å². The van der Waals surface area contributed by atoms with Crippen molar-refractivity contribution in [2.45, 2.75) is 45.6 Å². The van der Waals surface area contributed by atoms with Crippen molar-refractivity contribution in [2.24, 2.45) is 0 Å². The van der Waals surface area contributed by atoms with Gasteiger partial charge in [0.1, 0.15) is 16.8 Å². The molecule has 1 aromatic rings. The Morgan fingerprint density at radius 3 is 2.62 bits per heavy atom. The molecule has 0 aromatic carbocycles. The molecule has 0 radical (unpaired) electrons. The largest absolute Gasteiger partial charge is 0.354 e. The van der Waals surface area contributed by atoms with E-state index in [4.69, 9.17) is 11.6 Å². The lowest BCUT2D eigenvalue weighted by molar-refractivity contribution is 0.746. The van der Waals surface area contributed by atoms with E-state index >= 15 is 0 Å². The molecule has 1 aliphatic rings. The Hall–Kier alpha value is -0.830. The first-order valence-corrected chi connectivity index (χ1v) is 6.30. The summed E-state index contributed by atoms with van der Waals surface area (Å²) in [5.74, 6) is 2.13. The van der Waals surface area contributed by atoms with Gasteiger partial charge in [0, 0.05) is 24.6 Å². The molecule has 4 heteroatoms. The van der Waals surface area contributed by atoms with Crippen molar-refractivity contribution in [3.8, 4) is 0 Å². The molecule has 0 N–H and O–H groups in total. The van der Waals surface area contributed by atoms with Gasteiger partial charge in [0.15, 0.2) is 0 Å². The molecule has 0 atom stereocenters. The number of nitrogens with zero attached hydrogens (tertiary/aromatic N) is 3. The smallest absolute Gasteiger partial charge is 0.135 e. The van der Waals surface area contributed by atoms with E-state index in [0.29, 0.717) is 17.1 Å². The Morgan fingerprint density at radius 1 is 1.44 bits per heavy atom. The predicted molar refractivity (Wildman–Crippen MR) is 67.2 cm³/mol. The maximum Gasteiger partial charge on any atom is 0.135 e. The van der Waals surface area contributed by atoms with Crippen molar-refractivity contribution in [3.63, 3.8) is 0 Å². The Bertz CT molecular complexity index is 375. The van der Waals surface area contributed by atoms with Gasteiger partial charge in [-0.05, 0) is 19.8 Å². The van der Waals surface area contributed by atoms with Crippen LogP contribution in [0.15, 0.2) is 6.07 Å². The number of halogens is 1. The van der Waals surface area contributed by atoms with Crippen LogP contribution in [0.2, 0.25) is 5.15 Å². The van der Waals surface area contributed by atoms with Crippen LogP contribution in [0, 0.1) is 0 Å². The zero-order valence-electron chi connectivity index (χ0n) is 10.1. The molecule has 0 bridgehead atoms. The van der Waals surface area contributed by atoms with Crippen LogP contribution in [0.3, 0.4) is 0 Å². The normalized spacial score (nSPS) is 15.6. The third kappa shape index (κ3) is 2.46. The summed E-state index contributed by atoms with van der Waals surface area (Å²) in [4.78, 5) is 11.2. The van der Waals surface area contributed by atoms with Crippen LogP contribution in [0.25, 0.3) is 0 Å². The van der Waals surface area contributed by atoms with E-state index in [2.05, 4.69) is 35.6 Å². The minimum Gasteiger partial charge on any atom is -0.354 e. The predicted octanol–water partition coefficient (Wildman–Crippen LogP) is 3.24. The minimum atomic E-state index is 0.315. The fourth-order valence-corrected chi connectivity index (χ4v) is 2.01. The maximum absolute atomic E-state index is 6.04. The van der Waals surface area contributed by atoms with Crippen LogP contribution in [0.4, 0.5) is 5.82 Å². The summed E-state index contributed by atoms with van der Waals surface area (Å²) in [5.41, 5.74) is 0. The molecular weight excluding hydrogens is 222 g/mol. The van der Waals surface area contributed by atoms with E-state index in [-0.39, 0.29) is 0 Å². The van der Waals surface area contributed by atoms with Gasteiger partial charge < -0.3 is 4.90 Å². The lowest BCUT2D eigenvalue weighted by Gasteiger charge is -2.22. The van der Waals surface area contributed by atoms with E-state index < -0.39 is 0 Å². The van der Waals surface area contributed by atoms with E-state index in [9.17, 15) is 0 Å². The summed E-state index contributed by atoms with van der Waals surface area (Å²) in [6.45, 7) is 7.31. The lowest BCUT2D eigenvalue weighted by atomic mass is 10.2. The van der Waals surface area contributed by atoms with Crippen molar-refractivity contribution in [3.05, 3.63) is 17.0 Å². The summed E-state index contributed by atoms with van der Waals surface area (Å²) in [6, 6.07) is 2.53. The SMILES string of the molecule is CCN(c1cc(Cl)nc(C(C)C)n1)C1CC1. The van der Waals surface area contributed by atoms with Crippen LogP contribution < -0.4 is 4.90 Å². The highest BCUT2D eigenvalue weighted by atomic mass is 35.5. The summed E-state index contributed by atoms with van der Waals surface area (Å²) >= 11 is 6.04. The highest BCUT2D eigenvalue weighted by Gasteiger charge is 2.29. The highest BCUT2D eigenvalue weighted by molar-refractivity contribution is 6.29. The second-order valence-corrected chi connectivity index (χ2v) is 4.97.